The van der Waals surface area contributed by atoms with Crippen molar-refractivity contribution in [1.29, 1.82) is 0 Å². The average Bonchev–Trinajstić information content (AvgIpc) is 3.92. The third-order valence-electron chi connectivity index (χ3n) is 11.9. The highest BCUT2D eigenvalue weighted by atomic mass is 15.0. The van der Waals surface area contributed by atoms with Crippen LogP contribution in [0.4, 0.5) is 0 Å². The van der Waals surface area contributed by atoms with E-state index < -0.39 is 0 Å². The molecule has 3 heteroatoms. The molecule has 0 fully saturated rings. The van der Waals surface area contributed by atoms with Gasteiger partial charge in [0, 0.05) is 49.4 Å². The van der Waals surface area contributed by atoms with E-state index in [1.807, 2.05) is 0 Å². The maximum Gasteiger partial charge on any atom is 0.0547 e. The standard InChI is InChI=1S/C54H35N3/c1-2-12-40(13-3-1)56-51-20-10-6-16-45(51)47-32-26-38(34-53(47)56)39-27-33-48-46-17-7-11-21-52(46)57(54(48)35-39)42-30-24-37(25-31-42)36-22-28-41(29-23-36)55-49-18-8-4-14-43(49)44-15-5-9-19-50(44)55/h1-35H. The van der Waals surface area contributed by atoms with Gasteiger partial charge in [-0.2, -0.15) is 0 Å². The van der Waals surface area contributed by atoms with Crippen molar-refractivity contribution in [3.05, 3.63) is 212 Å². The third kappa shape index (κ3) is 4.86. The van der Waals surface area contributed by atoms with E-state index >= 15 is 0 Å². The van der Waals surface area contributed by atoms with E-state index in [-0.39, 0.29) is 0 Å². The first-order valence-corrected chi connectivity index (χ1v) is 19.6. The van der Waals surface area contributed by atoms with Crippen molar-refractivity contribution >= 4 is 65.4 Å². The van der Waals surface area contributed by atoms with Crippen LogP contribution in [0, 0.1) is 0 Å². The predicted molar refractivity (Wildman–Crippen MR) is 240 cm³/mol. The van der Waals surface area contributed by atoms with Crippen molar-refractivity contribution in [2.24, 2.45) is 0 Å². The summed E-state index contributed by atoms with van der Waals surface area (Å²) in [5, 5.41) is 7.58. The van der Waals surface area contributed by atoms with Crippen LogP contribution in [0.1, 0.15) is 0 Å². The minimum atomic E-state index is 1.14. The predicted octanol–water partition coefficient (Wildman–Crippen LogP) is 14.3. The minimum Gasteiger partial charge on any atom is -0.309 e. The van der Waals surface area contributed by atoms with Gasteiger partial charge in [-0.15, -0.1) is 0 Å². The number of hydrogen-bond acceptors (Lipinski definition) is 0. The summed E-state index contributed by atoms with van der Waals surface area (Å²) in [7, 11) is 0. The summed E-state index contributed by atoms with van der Waals surface area (Å²) in [4.78, 5) is 0. The van der Waals surface area contributed by atoms with E-state index in [0.717, 1.165) is 11.4 Å². The maximum absolute atomic E-state index is 2.42. The summed E-state index contributed by atoms with van der Waals surface area (Å²) >= 11 is 0. The molecular weight excluding hydrogens is 691 g/mol. The summed E-state index contributed by atoms with van der Waals surface area (Å²) in [5.41, 5.74) is 15.5. The van der Waals surface area contributed by atoms with Gasteiger partial charge in [-0.1, -0.05) is 140 Å². The molecule has 266 valence electrons. The van der Waals surface area contributed by atoms with Gasteiger partial charge in [-0.05, 0) is 95.1 Å². The monoisotopic (exact) mass is 725 g/mol. The summed E-state index contributed by atoms with van der Waals surface area (Å²) < 4.78 is 7.18. The van der Waals surface area contributed by atoms with Crippen LogP contribution in [-0.2, 0) is 0 Å². The normalized spacial score (nSPS) is 11.9. The zero-order valence-electron chi connectivity index (χ0n) is 31.0. The maximum atomic E-state index is 2.42. The first-order chi connectivity index (χ1) is 28.3. The van der Waals surface area contributed by atoms with Crippen LogP contribution in [-0.4, -0.2) is 13.7 Å². The molecule has 3 aromatic heterocycles. The Labute approximate surface area is 329 Å². The molecule has 57 heavy (non-hydrogen) atoms. The van der Waals surface area contributed by atoms with Crippen LogP contribution in [0.2, 0.25) is 0 Å². The highest BCUT2D eigenvalue weighted by Crippen LogP contribution is 2.39. The Morgan fingerprint density at radius 3 is 0.860 bits per heavy atom. The molecule has 0 radical (unpaired) electrons. The molecular formula is C54H35N3. The third-order valence-corrected chi connectivity index (χ3v) is 11.9. The van der Waals surface area contributed by atoms with Crippen LogP contribution in [0.15, 0.2) is 212 Å². The number of para-hydroxylation sites is 5. The quantitative estimate of drug-likeness (QED) is 0.168. The van der Waals surface area contributed by atoms with Crippen LogP contribution in [0.25, 0.3) is 105 Å². The Morgan fingerprint density at radius 2 is 0.474 bits per heavy atom. The lowest BCUT2D eigenvalue weighted by molar-refractivity contribution is 1.18. The zero-order valence-corrected chi connectivity index (χ0v) is 31.0. The molecule has 0 aliphatic rings. The SMILES string of the molecule is c1ccc(-n2c3ccccc3c3ccc(-c4ccc5c6ccccc6n(-c6ccc(-c7ccc(-n8c9ccccc9c9ccccc98)cc7)cc6)c5c4)cc32)cc1. The van der Waals surface area contributed by atoms with E-state index in [1.165, 1.54) is 93.4 Å². The van der Waals surface area contributed by atoms with E-state index in [1.54, 1.807) is 0 Å². The lowest BCUT2D eigenvalue weighted by atomic mass is 10.0. The topological polar surface area (TPSA) is 14.8 Å². The Morgan fingerprint density at radius 1 is 0.193 bits per heavy atom. The van der Waals surface area contributed by atoms with Crippen LogP contribution < -0.4 is 0 Å². The van der Waals surface area contributed by atoms with Gasteiger partial charge in [-0.25, -0.2) is 0 Å². The Balaban J connectivity index is 0.946. The van der Waals surface area contributed by atoms with Crippen molar-refractivity contribution in [3.8, 4) is 39.3 Å². The number of nitrogens with zero attached hydrogens (tertiary/aromatic N) is 3. The molecule has 9 aromatic carbocycles. The molecule has 12 aromatic rings. The summed E-state index contributed by atoms with van der Waals surface area (Å²) in [6, 6.07) is 77.4. The number of benzene rings is 9. The second kappa shape index (κ2) is 12.5. The molecule has 3 heterocycles. The molecule has 0 bridgehead atoms. The fraction of sp³-hybridized carbons (Fsp3) is 0. The van der Waals surface area contributed by atoms with Crippen molar-refractivity contribution in [1.82, 2.24) is 13.7 Å². The summed E-state index contributed by atoms with van der Waals surface area (Å²) in [6.45, 7) is 0. The molecule has 0 aliphatic carbocycles. The fourth-order valence-electron chi connectivity index (χ4n) is 9.24. The van der Waals surface area contributed by atoms with Crippen LogP contribution in [0.3, 0.4) is 0 Å². The molecule has 12 rings (SSSR count). The Hall–Kier alpha value is -7.62. The summed E-state index contributed by atoms with van der Waals surface area (Å²) in [6.07, 6.45) is 0. The lowest BCUT2D eigenvalue weighted by Crippen LogP contribution is -1.95. The van der Waals surface area contributed by atoms with Gasteiger partial charge < -0.3 is 13.7 Å². The first-order valence-electron chi connectivity index (χ1n) is 19.6. The highest BCUT2D eigenvalue weighted by molar-refractivity contribution is 6.12. The van der Waals surface area contributed by atoms with E-state index in [9.17, 15) is 0 Å². The number of rotatable bonds is 5. The van der Waals surface area contributed by atoms with E-state index in [0.29, 0.717) is 0 Å². The van der Waals surface area contributed by atoms with Crippen LogP contribution >= 0.6 is 0 Å². The van der Waals surface area contributed by atoms with Crippen molar-refractivity contribution in [2.75, 3.05) is 0 Å². The van der Waals surface area contributed by atoms with Crippen LogP contribution in [0.5, 0.6) is 0 Å². The molecule has 3 nitrogen and oxygen atoms in total. The Bertz CT molecular complexity index is 3440. The molecule has 0 saturated heterocycles. The molecule has 0 spiro atoms. The van der Waals surface area contributed by atoms with Gasteiger partial charge in [0.2, 0.25) is 0 Å². The number of fused-ring (bicyclic) bond motifs is 9. The highest BCUT2D eigenvalue weighted by Gasteiger charge is 2.17. The van der Waals surface area contributed by atoms with Crippen molar-refractivity contribution in [2.45, 2.75) is 0 Å². The van der Waals surface area contributed by atoms with Gasteiger partial charge in [0.05, 0.1) is 33.1 Å². The molecule has 0 saturated carbocycles. The molecule has 0 unspecified atom stereocenters. The molecule has 0 N–H and O–H groups in total. The lowest BCUT2D eigenvalue weighted by Gasteiger charge is -2.12. The first kappa shape index (κ1) is 31.7. The largest absolute Gasteiger partial charge is 0.309 e. The average molecular weight is 726 g/mol. The zero-order chi connectivity index (χ0) is 37.5. The van der Waals surface area contributed by atoms with Crippen molar-refractivity contribution < 1.29 is 0 Å². The number of aromatic nitrogens is 3. The van der Waals surface area contributed by atoms with Crippen molar-refractivity contribution in [3.63, 3.8) is 0 Å². The smallest absolute Gasteiger partial charge is 0.0547 e. The fourth-order valence-corrected chi connectivity index (χ4v) is 9.24. The second-order valence-electron chi connectivity index (χ2n) is 15.0. The van der Waals surface area contributed by atoms with Gasteiger partial charge in [0.25, 0.3) is 0 Å². The van der Waals surface area contributed by atoms with Gasteiger partial charge in [-0.3, -0.25) is 0 Å². The van der Waals surface area contributed by atoms with Gasteiger partial charge in [0.15, 0.2) is 0 Å². The second-order valence-corrected chi connectivity index (χ2v) is 15.0. The number of hydrogen-bond donors (Lipinski definition) is 0. The Kier molecular flexibility index (Phi) is 6.93. The van der Waals surface area contributed by atoms with Gasteiger partial charge >= 0.3 is 0 Å². The van der Waals surface area contributed by atoms with Gasteiger partial charge in [0.1, 0.15) is 0 Å². The minimum absolute atomic E-state index is 1.14. The van der Waals surface area contributed by atoms with E-state index in [4.69, 9.17) is 0 Å². The molecule has 0 amide bonds. The molecule has 0 atom stereocenters. The molecule has 0 aliphatic heterocycles. The summed E-state index contributed by atoms with van der Waals surface area (Å²) in [5.74, 6) is 0. The van der Waals surface area contributed by atoms with E-state index in [2.05, 4.69) is 226 Å².